The van der Waals surface area contributed by atoms with Gasteiger partial charge in [0.15, 0.2) is 0 Å². The van der Waals surface area contributed by atoms with Crippen molar-refractivity contribution in [2.45, 2.75) is 6.92 Å². The summed E-state index contributed by atoms with van der Waals surface area (Å²) in [6, 6.07) is 13.4. The Morgan fingerprint density at radius 2 is 1.67 bits per heavy atom. The van der Waals surface area contributed by atoms with E-state index >= 15 is 0 Å². The number of aromatic hydroxyl groups is 1. The second-order valence-corrected chi connectivity index (χ2v) is 8.07. The van der Waals surface area contributed by atoms with Gasteiger partial charge in [0, 0.05) is 42.3 Å². The van der Waals surface area contributed by atoms with E-state index in [1.54, 1.807) is 41.0 Å². The minimum absolute atomic E-state index is 0.0988. The SMILES string of the molecule is Cc1nc(C#Cc2cccc(F)c2)ccc1C(=O)N1CCN(C(=O)c2ccc(N=[N+]=[N-])cc2O)CC1. The topological polar surface area (TPSA) is 122 Å². The molecule has 1 aromatic heterocycles. The van der Waals surface area contributed by atoms with E-state index in [9.17, 15) is 19.1 Å². The zero-order valence-electron chi connectivity index (χ0n) is 19.3. The molecule has 0 spiro atoms. The Kier molecular flexibility index (Phi) is 7.14. The number of rotatable bonds is 3. The van der Waals surface area contributed by atoms with Crippen molar-refractivity contribution >= 4 is 17.5 Å². The number of nitrogens with zero attached hydrogens (tertiary/aromatic N) is 6. The van der Waals surface area contributed by atoms with Gasteiger partial charge in [0.2, 0.25) is 0 Å². The molecule has 1 aliphatic heterocycles. The van der Waals surface area contributed by atoms with Crippen molar-refractivity contribution in [2.75, 3.05) is 26.2 Å². The molecule has 2 heterocycles. The predicted molar refractivity (Wildman–Crippen MR) is 130 cm³/mol. The number of carbonyl (C=O) groups is 2. The third kappa shape index (κ3) is 5.43. The van der Waals surface area contributed by atoms with Crippen LogP contribution in [0.2, 0.25) is 0 Å². The highest BCUT2D eigenvalue weighted by Crippen LogP contribution is 2.26. The van der Waals surface area contributed by atoms with E-state index in [0.717, 1.165) is 0 Å². The number of aryl methyl sites for hydroxylation is 1. The Hall–Kier alpha value is -4.87. The fourth-order valence-electron chi connectivity index (χ4n) is 3.83. The Labute approximate surface area is 206 Å². The summed E-state index contributed by atoms with van der Waals surface area (Å²) in [4.78, 5) is 36.2. The van der Waals surface area contributed by atoms with Crippen LogP contribution in [0, 0.1) is 24.6 Å². The summed E-state index contributed by atoms with van der Waals surface area (Å²) in [6.45, 7) is 2.96. The summed E-state index contributed by atoms with van der Waals surface area (Å²) in [5.41, 5.74) is 10.8. The van der Waals surface area contributed by atoms with Gasteiger partial charge in [-0.2, -0.15) is 0 Å². The lowest BCUT2D eigenvalue weighted by atomic mass is 10.1. The molecule has 0 atom stereocenters. The fraction of sp³-hybridized carbons (Fsp3) is 0.192. The molecule has 1 aliphatic rings. The van der Waals surface area contributed by atoms with Gasteiger partial charge >= 0.3 is 0 Å². The van der Waals surface area contributed by atoms with Crippen LogP contribution in [0.15, 0.2) is 59.7 Å². The number of azide groups is 1. The van der Waals surface area contributed by atoms with Crippen LogP contribution in [-0.4, -0.2) is 57.9 Å². The summed E-state index contributed by atoms with van der Waals surface area (Å²) in [6.07, 6.45) is 0. The Balaban J connectivity index is 1.40. The summed E-state index contributed by atoms with van der Waals surface area (Å²) in [5.74, 6) is 4.54. The molecule has 0 unspecified atom stereocenters. The van der Waals surface area contributed by atoms with Crippen LogP contribution in [0.3, 0.4) is 0 Å². The summed E-state index contributed by atoms with van der Waals surface area (Å²) >= 11 is 0. The molecule has 3 aromatic rings. The molecule has 1 saturated heterocycles. The average molecular weight is 484 g/mol. The minimum atomic E-state index is -0.369. The smallest absolute Gasteiger partial charge is 0.257 e. The summed E-state index contributed by atoms with van der Waals surface area (Å²) < 4.78 is 13.3. The van der Waals surface area contributed by atoms with Gasteiger partial charge in [-0.3, -0.25) is 9.59 Å². The lowest BCUT2D eigenvalue weighted by Gasteiger charge is -2.35. The number of phenols is 1. The third-order valence-electron chi connectivity index (χ3n) is 5.70. The highest BCUT2D eigenvalue weighted by molar-refractivity contribution is 5.98. The number of pyridine rings is 1. The van der Waals surface area contributed by atoms with Crippen molar-refractivity contribution in [2.24, 2.45) is 5.11 Å². The average Bonchev–Trinajstić information content (AvgIpc) is 2.87. The molecular weight excluding hydrogens is 463 g/mol. The number of hydrogen-bond acceptors (Lipinski definition) is 5. The molecule has 180 valence electrons. The van der Waals surface area contributed by atoms with Gasteiger partial charge in [-0.25, -0.2) is 9.37 Å². The number of halogens is 1. The van der Waals surface area contributed by atoms with Gasteiger partial charge in [0.1, 0.15) is 17.3 Å². The normalized spacial score (nSPS) is 12.8. The van der Waals surface area contributed by atoms with Gasteiger partial charge < -0.3 is 14.9 Å². The molecule has 0 aliphatic carbocycles. The van der Waals surface area contributed by atoms with Gasteiger partial charge in [0.05, 0.1) is 16.8 Å². The van der Waals surface area contributed by atoms with Gasteiger partial charge in [-0.1, -0.05) is 23.2 Å². The van der Waals surface area contributed by atoms with Crippen LogP contribution in [0.25, 0.3) is 10.4 Å². The summed E-state index contributed by atoms with van der Waals surface area (Å²) in [5, 5.41) is 13.6. The van der Waals surface area contributed by atoms with E-state index in [4.69, 9.17) is 5.53 Å². The van der Waals surface area contributed by atoms with Crippen LogP contribution < -0.4 is 0 Å². The zero-order chi connectivity index (χ0) is 25.7. The van der Waals surface area contributed by atoms with Crippen LogP contribution in [0.4, 0.5) is 10.1 Å². The second kappa shape index (κ2) is 10.6. The standard InChI is InChI=1S/C26H21FN6O3/c1-17-22(9-7-20(29-17)6-5-18-3-2-4-19(27)15-18)25(35)32-11-13-33(14-12-32)26(36)23-10-8-21(30-31-28)16-24(23)34/h2-4,7-10,15-16,34H,11-14H2,1H3. The molecule has 10 heteroatoms. The largest absolute Gasteiger partial charge is 0.507 e. The van der Waals surface area contributed by atoms with Gasteiger partial charge in [-0.15, -0.1) is 0 Å². The second-order valence-electron chi connectivity index (χ2n) is 8.07. The van der Waals surface area contributed by atoms with Crippen LogP contribution >= 0.6 is 0 Å². The van der Waals surface area contributed by atoms with Crippen LogP contribution in [0.1, 0.15) is 37.7 Å². The Bertz CT molecular complexity index is 1450. The maximum atomic E-state index is 13.3. The van der Waals surface area contributed by atoms with Crippen molar-refractivity contribution in [3.63, 3.8) is 0 Å². The Morgan fingerprint density at radius 1 is 1.00 bits per heavy atom. The number of hydrogen-bond donors (Lipinski definition) is 1. The highest BCUT2D eigenvalue weighted by atomic mass is 19.1. The maximum Gasteiger partial charge on any atom is 0.257 e. The minimum Gasteiger partial charge on any atom is -0.507 e. The van der Waals surface area contributed by atoms with Crippen LogP contribution in [0.5, 0.6) is 5.75 Å². The molecule has 0 bridgehead atoms. The van der Waals surface area contributed by atoms with Crippen molar-refractivity contribution in [1.29, 1.82) is 0 Å². The number of piperazine rings is 1. The molecule has 2 amide bonds. The first-order chi connectivity index (χ1) is 17.4. The molecule has 2 aromatic carbocycles. The fourth-order valence-corrected chi connectivity index (χ4v) is 3.83. The van der Waals surface area contributed by atoms with E-state index < -0.39 is 0 Å². The number of amides is 2. The highest BCUT2D eigenvalue weighted by Gasteiger charge is 2.27. The molecule has 0 saturated carbocycles. The molecule has 1 fully saturated rings. The molecule has 36 heavy (non-hydrogen) atoms. The number of benzene rings is 2. The lowest BCUT2D eigenvalue weighted by Crippen LogP contribution is -2.50. The first kappa shape index (κ1) is 24.3. The van der Waals surface area contributed by atoms with Crippen molar-refractivity contribution in [1.82, 2.24) is 14.8 Å². The van der Waals surface area contributed by atoms with E-state index in [1.807, 2.05) is 0 Å². The zero-order valence-corrected chi connectivity index (χ0v) is 19.3. The maximum absolute atomic E-state index is 13.3. The lowest BCUT2D eigenvalue weighted by molar-refractivity contribution is 0.0533. The van der Waals surface area contributed by atoms with E-state index in [1.165, 1.54) is 30.3 Å². The van der Waals surface area contributed by atoms with E-state index in [-0.39, 0.29) is 34.6 Å². The van der Waals surface area contributed by atoms with Gasteiger partial charge in [0.25, 0.3) is 11.8 Å². The summed E-state index contributed by atoms with van der Waals surface area (Å²) in [7, 11) is 0. The monoisotopic (exact) mass is 484 g/mol. The first-order valence-electron chi connectivity index (χ1n) is 11.1. The molecule has 0 radical (unpaired) electrons. The van der Waals surface area contributed by atoms with Gasteiger partial charge in [-0.05, 0) is 60.8 Å². The third-order valence-corrected chi connectivity index (χ3v) is 5.70. The van der Waals surface area contributed by atoms with Crippen molar-refractivity contribution < 1.29 is 19.1 Å². The number of aromatic nitrogens is 1. The first-order valence-corrected chi connectivity index (χ1v) is 11.1. The number of phenolic OH excluding ortho intramolecular Hbond substituents is 1. The Morgan fingerprint density at radius 3 is 2.28 bits per heavy atom. The van der Waals surface area contributed by atoms with Crippen molar-refractivity contribution in [3.8, 4) is 17.6 Å². The van der Waals surface area contributed by atoms with E-state index in [0.29, 0.717) is 48.7 Å². The number of carbonyl (C=O) groups excluding carboxylic acids is 2. The molecule has 9 nitrogen and oxygen atoms in total. The quantitative estimate of drug-likeness (QED) is 0.259. The van der Waals surface area contributed by atoms with E-state index in [2.05, 4.69) is 26.9 Å². The van der Waals surface area contributed by atoms with Crippen molar-refractivity contribution in [3.05, 3.63) is 98.9 Å². The van der Waals surface area contributed by atoms with Crippen LogP contribution in [-0.2, 0) is 0 Å². The predicted octanol–water partition coefficient (Wildman–Crippen LogP) is 4.17. The molecule has 4 rings (SSSR count). The molecule has 1 N–H and O–H groups in total. The molecular formula is C26H21FN6O3.